The normalized spacial score (nSPS) is 24.8. The predicted molar refractivity (Wildman–Crippen MR) is 111 cm³/mol. The first-order valence-electron chi connectivity index (χ1n) is 9.84. The van der Waals surface area contributed by atoms with Crippen molar-refractivity contribution in [3.8, 4) is 0 Å². The van der Waals surface area contributed by atoms with Crippen LogP contribution < -0.4 is 15.5 Å². The number of aryl methyl sites for hydroxylation is 1. The molecule has 7 heteroatoms. The number of nitrogens with two attached hydrogens (primary N) is 1. The van der Waals surface area contributed by atoms with E-state index in [4.69, 9.17) is 5.73 Å². The van der Waals surface area contributed by atoms with Crippen molar-refractivity contribution in [2.45, 2.75) is 31.5 Å². The Balaban J connectivity index is 1.46. The highest BCUT2D eigenvalue weighted by atomic mass is 16.3. The number of aliphatic hydroxyl groups excluding tert-OH is 1. The van der Waals surface area contributed by atoms with Crippen molar-refractivity contribution in [3.05, 3.63) is 47.8 Å². The van der Waals surface area contributed by atoms with Gasteiger partial charge in [-0.25, -0.2) is 4.98 Å². The number of rotatable bonds is 2. The van der Waals surface area contributed by atoms with Gasteiger partial charge in [-0.3, -0.25) is 4.68 Å². The molecule has 2 aliphatic rings. The summed E-state index contributed by atoms with van der Waals surface area (Å²) in [7, 11) is 1.93. The van der Waals surface area contributed by atoms with Gasteiger partial charge in [-0.05, 0) is 35.2 Å². The molecule has 0 spiro atoms. The summed E-state index contributed by atoms with van der Waals surface area (Å²) in [5, 5.41) is 15.5. The van der Waals surface area contributed by atoms with Crippen LogP contribution in [0.5, 0.6) is 0 Å². The van der Waals surface area contributed by atoms with Crippen molar-refractivity contribution < 1.29 is 5.11 Å². The smallest absolute Gasteiger partial charge is 0.159 e. The van der Waals surface area contributed by atoms with Gasteiger partial charge in [-0.1, -0.05) is 13.0 Å². The van der Waals surface area contributed by atoms with Gasteiger partial charge >= 0.3 is 0 Å². The average Bonchev–Trinajstić information content (AvgIpc) is 3.24. The molecule has 0 radical (unpaired) electrons. The molecule has 1 aromatic carbocycles. The fourth-order valence-corrected chi connectivity index (χ4v) is 4.60. The van der Waals surface area contributed by atoms with Crippen LogP contribution in [0.4, 0.5) is 11.4 Å². The number of aliphatic hydroxyl groups is 1. The monoisotopic (exact) mass is 378 g/mol. The van der Waals surface area contributed by atoms with Gasteiger partial charge in [-0.15, -0.1) is 0 Å². The maximum absolute atomic E-state index is 9.98. The Morgan fingerprint density at radius 1 is 1.14 bits per heavy atom. The highest BCUT2D eigenvalue weighted by Gasteiger charge is 2.30. The lowest BCUT2D eigenvalue weighted by atomic mass is 9.90. The third kappa shape index (κ3) is 2.73. The molecule has 3 aromatic rings. The largest absolute Gasteiger partial charge is 0.390 e. The lowest BCUT2D eigenvalue weighted by molar-refractivity contribution is 0.180. The van der Waals surface area contributed by atoms with Crippen LogP contribution in [-0.2, 0) is 13.6 Å². The fraction of sp³-hybridized carbons (Fsp3) is 0.429. The molecule has 0 aliphatic carbocycles. The molecule has 4 heterocycles. The zero-order valence-electron chi connectivity index (χ0n) is 16.3. The average molecular weight is 378 g/mol. The van der Waals surface area contributed by atoms with E-state index < -0.39 is 6.10 Å². The Morgan fingerprint density at radius 2 is 2.00 bits per heavy atom. The van der Waals surface area contributed by atoms with Crippen LogP contribution in [0.1, 0.15) is 24.0 Å². The molecule has 2 unspecified atom stereocenters. The standard InChI is InChI=1S/C21H26N6O/c1-13-9-27(19-5-6-23-21-17(19)8-24-25(21)2)10-14-3-4-15(7-16(13)14)26-11-18(22)20(28)12-26/h3-8,13,18,20,28H,9-12,22H2,1-2H3/t13-,18?,20?/m0/s1. The third-order valence-electron chi connectivity index (χ3n) is 6.17. The molecule has 0 amide bonds. The van der Waals surface area contributed by atoms with Crippen LogP contribution >= 0.6 is 0 Å². The van der Waals surface area contributed by atoms with Crippen LogP contribution in [0.25, 0.3) is 11.0 Å². The van der Waals surface area contributed by atoms with E-state index in [-0.39, 0.29) is 6.04 Å². The van der Waals surface area contributed by atoms with E-state index in [0.717, 1.165) is 29.8 Å². The molecular weight excluding hydrogens is 352 g/mol. The van der Waals surface area contributed by atoms with Crippen molar-refractivity contribution >= 4 is 22.4 Å². The minimum absolute atomic E-state index is 0.169. The molecule has 0 bridgehead atoms. The molecule has 146 valence electrons. The zero-order valence-corrected chi connectivity index (χ0v) is 16.3. The summed E-state index contributed by atoms with van der Waals surface area (Å²) < 4.78 is 1.82. The summed E-state index contributed by atoms with van der Waals surface area (Å²) in [4.78, 5) is 9.08. The molecule has 0 saturated carbocycles. The number of hydrogen-bond acceptors (Lipinski definition) is 6. The van der Waals surface area contributed by atoms with Gasteiger partial charge in [-0.2, -0.15) is 5.10 Å². The number of hydrogen-bond donors (Lipinski definition) is 2. The van der Waals surface area contributed by atoms with Crippen molar-refractivity contribution in [2.75, 3.05) is 29.4 Å². The Morgan fingerprint density at radius 3 is 2.79 bits per heavy atom. The maximum Gasteiger partial charge on any atom is 0.159 e. The topological polar surface area (TPSA) is 83.4 Å². The number of pyridine rings is 1. The van der Waals surface area contributed by atoms with E-state index in [0.29, 0.717) is 19.0 Å². The first kappa shape index (κ1) is 17.5. The van der Waals surface area contributed by atoms with Gasteiger partial charge < -0.3 is 20.6 Å². The molecule has 2 aliphatic heterocycles. The Bertz CT molecular complexity index is 1020. The maximum atomic E-state index is 9.98. The molecule has 1 saturated heterocycles. The van der Waals surface area contributed by atoms with E-state index in [9.17, 15) is 5.11 Å². The van der Waals surface area contributed by atoms with Gasteiger partial charge in [0.2, 0.25) is 0 Å². The van der Waals surface area contributed by atoms with E-state index in [1.54, 1.807) is 0 Å². The second-order valence-electron chi connectivity index (χ2n) is 8.14. The van der Waals surface area contributed by atoms with Gasteiger partial charge in [0.1, 0.15) is 0 Å². The molecule has 5 rings (SSSR count). The molecular formula is C21H26N6O. The van der Waals surface area contributed by atoms with Crippen LogP contribution in [0, 0.1) is 0 Å². The highest BCUT2D eigenvalue weighted by molar-refractivity contribution is 5.89. The molecule has 3 N–H and O–H groups in total. The van der Waals surface area contributed by atoms with Crippen molar-refractivity contribution in [3.63, 3.8) is 0 Å². The van der Waals surface area contributed by atoms with Gasteiger partial charge in [0.05, 0.1) is 23.4 Å². The van der Waals surface area contributed by atoms with Gasteiger partial charge in [0.15, 0.2) is 5.65 Å². The SMILES string of the molecule is C[C@H]1CN(c2ccnc3c2cnn3C)Cc2ccc(N3CC(N)C(O)C3)cc21. The molecule has 1 fully saturated rings. The van der Waals surface area contributed by atoms with Gasteiger partial charge in [0.25, 0.3) is 0 Å². The van der Waals surface area contributed by atoms with Crippen molar-refractivity contribution in [1.29, 1.82) is 0 Å². The predicted octanol–water partition coefficient (Wildman–Crippen LogP) is 1.60. The number of anilines is 2. The Labute approximate surface area is 164 Å². The minimum Gasteiger partial charge on any atom is -0.390 e. The van der Waals surface area contributed by atoms with Crippen LogP contribution in [0.2, 0.25) is 0 Å². The molecule has 7 nitrogen and oxygen atoms in total. The van der Waals surface area contributed by atoms with Crippen LogP contribution in [0.3, 0.4) is 0 Å². The Hall–Kier alpha value is -2.64. The van der Waals surface area contributed by atoms with E-state index in [1.807, 2.05) is 24.1 Å². The summed E-state index contributed by atoms with van der Waals surface area (Å²) in [5.74, 6) is 0.407. The van der Waals surface area contributed by atoms with Crippen molar-refractivity contribution in [2.24, 2.45) is 12.8 Å². The summed E-state index contributed by atoms with van der Waals surface area (Å²) in [6, 6.07) is 8.59. The number of benzene rings is 1. The summed E-state index contributed by atoms with van der Waals surface area (Å²) >= 11 is 0. The number of β-amino-alcohol motifs (C(OH)–C–C–N with tert-alkyl or cyclic N) is 1. The highest BCUT2D eigenvalue weighted by Crippen LogP contribution is 2.36. The fourth-order valence-electron chi connectivity index (χ4n) is 4.60. The molecule has 3 atom stereocenters. The van der Waals surface area contributed by atoms with Crippen LogP contribution in [0.15, 0.2) is 36.7 Å². The lowest BCUT2D eigenvalue weighted by Gasteiger charge is -2.35. The minimum atomic E-state index is -0.447. The first-order valence-corrected chi connectivity index (χ1v) is 9.84. The van der Waals surface area contributed by atoms with E-state index >= 15 is 0 Å². The van der Waals surface area contributed by atoms with E-state index in [2.05, 4.69) is 51.1 Å². The first-order chi connectivity index (χ1) is 13.5. The number of nitrogens with zero attached hydrogens (tertiary/aromatic N) is 5. The molecule has 28 heavy (non-hydrogen) atoms. The lowest BCUT2D eigenvalue weighted by Crippen LogP contribution is -2.33. The van der Waals surface area contributed by atoms with Crippen molar-refractivity contribution in [1.82, 2.24) is 14.8 Å². The zero-order chi connectivity index (χ0) is 19.4. The second-order valence-corrected chi connectivity index (χ2v) is 8.14. The number of aromatic nitrogens is 3. The van der Waals surface area contributed by atoms with Crippen LogP contribution in [-0.4, -0.2) is 51.7 Å². The third-order valence-corrected chi connectivity index (χ3v) is 6.17. The summed E-state index contributed by atoms with van der Waals surface area (Å²) in [6.45, 7) is 5.41. The molecule has 2 aromatic heterocycles. The second kappa shape index (κ2) is 6.46. The number of fused-ring (bicyclic) bond motifs is 2. The summed E-state index contributed by atoms with van der Waals surface area (Å²) in [6.07, 6.45) is 3.32. The quantitative estimate of drug-likeness (QED) is 0.705. The Kier molecular flexibility index (Phi) is 4.03. The van der Waals surface area contributed by atoms with Gasteiger partial charge in [0, 0.05) is 51.2 Å². The van der Waals surface area contributed by atoms with E-state index in [1.165, 1.54) is 16.8 Å². The summed E-state index contributed by atoms with van der Waals surface area (Å²) in [5.41, 5.74) is 12.0.